The molecular formula is C24H27FN4O. The quantitative estimate of drug-likeness (QED) is 0.577. The van der Waals surface area contributed by atoms with Crippen LogP contribution in [0.5, 0.6) is 0 Å². The van der Waals surface area contributed by atoms with Crippen LogP contribution in [0.15, 0.2) is 35.2 Å². The van der Waals surface area contributed by atoms with Crippen LogP contribution >= 0.6 is 0 Å². The van der Waals surface area contributed by atoms with Crippen molar-refractivity contribution in [2.45, 2.75) is 52.4 Å². The summed E-state index contributed by atoms with van der Waals surface area (Å²) >= 11 is 0. The first kappa shape index (κ1) is 19.2. The van der Waals surface area contributed by atoms with E-state index in [0.29, 0.717) is 11.8 Å². The Morgan fingerprint density at radius 2 is 2.00 bits per heavy atom. The van der Waals surface area contributed by atoms with Gasteiger partial charge in [-0.15, -0.1) is 0 Å². The van der Waals surface area contributed by atoms with Crippen molar-refractivity contribution in [1.29, 1.82) is 0 Å². The maximum absolute atomic E-state index is 14.3. The zero-order valence-electron chi connectivity index (χ0n) is 17.8. The number of hydrogen-bond acceptors (Lipinski definition) is 5. The summed E-state index contributed by atoms with van der Waals surface area (Å²) in [6.45, 7) is 8.19. The van der Waals surface area contributed by atoms with E-state index in [4.69, 9.17) is 4.52 Å². The molecule has 2 aliphatic rings. The smallest absolute Gasteiger partial charge is 0.147 e. The summed E-state index contributed by atoms with van der Waals surface area (Å²) in [5.41, 5.74) is 5.14. The lowest BCUT2D eigenvalue weighted by atomic mass is 9.63. The first-order valence-corrected chi connectivity index (χ1v) is 10.7. The summed E-state index contributed by atoms with van der Waals surface area (Å²) in [6, 6.07) is 4.98. The van der Waals surface area contributed by atoms with E-state index in [2.05, 4.69) is 33.9 Å². The summed E-state index contributed by atoms with van der Waals surface area (Å²) < 4.78 is 19.8. The van der Waals surface area contributed by atoms with Gasteiger partial charge in [-0.1, -0.05) is 31.5 Å². The summed E-state index contributed by atoms with van der Waals surface area (Å²) in [5.74, 6) is 1.69. The van der Waals surface area contributed by atoms with Crippen LogP contribution in [0, 0.1) is 18.2 Å². The minimum absolute atomic E-state index is 0.160. The van der Waals surface area contributed by atoms with Gasteiger partial charge in [-0.3, -0.25) is 0 Å². The number of aromatic nitrogens is 3. The second-order valence-electron chi connectivity index (χ2n) is 9.22. The average Bonchev–Trinajstić information content (AvgIpc) is 3.04. The number of benzene rings is 1. The van der Waals surface area contributed by atoms with E-state index < -0.39 is 0 Å². The van der Waals surface area contributed by atoms with Crippen molar-refractivity contribution in [2.24, 2.45) is 5.41 Å². The van der Waals surface area contributed by atoms with Crippen molar-refractivity contribution >= 4 is 5.82 Å². The van der Waals surface area contributed by atoms with E-state index in [0.717, 1.165) is 52.6 Å². The minimum atomic E-state index is -0.261. The maximum atomic E-state index is 14.3. The fourth-order valence-corrected chi connectivity index (χ4v) is 4.92. The molecule has 2 aromatic heterocycles. The molecule has 1 spiro atoms. The number of rotatable bonds is 5. The average molecular weight is 407 g/mol. The number of halogens is 1. The Morgan fingerprint density at radius 3 is 2.70 bits per heavy atom. The lowest BCUT2D eigenvalue weighted by Gasteiger charge is -2.56. The molecule has 1 saturated heterocycles. The van der Waals surface area contributed by atoms with Crippen LogP contribution in [0.25, 0.3) is 11.1 Å². The van der Waals surface area contributed by atoms with Crippen LogP contribution in [0.4, 0.5) is 10.2 Å². The highest BCUT2D eigenvalue weighted by Gasteiger charge is 2.48. The molecule has 6 heteroatoms. The normalized spacial score (nSPS) is 17.3. The SMILES string of the molecule is Cc1noc(C(C)C)c1-c1cc(F)ccc1Cc1cncnc1N1CC2(CCC2)C1. The Balaban J connectivity index is 1.51. The molecule has 30 heavy (non-hydrogen) atoms. The van der Waals surface area contributed by atoms with Gasteiger partial charge in [0.05, 0.1) is 5.69 Å². The van der Waals surface area contributed by atoms with Gasteiger partial charge in [-0.05, 0) is 43.0 Å². The largest absolute Gasteiger partial charge is 0.360 e. The summed E-state index contributed by atoms with van der Waals surface area (Å²) in [4.78, 5) is 11.3. The van der Waals surface area contributed by atoms with Crippen molar-refractivity contribution in [3.63, 3.8) is 0 Å². The van der Waals surface area contributed by atoms with Gasteiger partial charge in [0, 0.05) is 48.2 Å². The Hall–Kier alpha value is -2.76. The zero-order valence-corrected chi connectivity index (χ0v) is 17.8. The van der Waals surface area contributed by atoms with E-state index in [1.807, 2.05) is 19.2 Å². The van der Waals surface area contributed by atoms with Gasteiger partial charge >= 0.3 is 0 Å². The van der Waals surface area contributed by atoms with Gasteiger partial charge < -0.3 is 9.42 Å². The third-order valence-corrected chi connectivity index (χ3v) is 6.67. The molecule has 3 aromatic rings. The monoisotopic (exact) mass is 406 g/mol. The Kier molecular flexibility index (Phi) is 4.60. The number of anilines is 1. The standard InChI is InChI=1S/C24H27FN4O/c1-15(2)22-21(16(3)28-30-22)20-10-19(25)6-5-17(20)9-18-11-26-14-27-23(18)29-12-24(13-29)7-4-8-24/h5-6,10-11,14-15H,4,7-9,12-13H2,1-3H3. The van der Waals surface area contributed by atoms with Crippen LogP contribution in [-0.4, -0.2) is 28.2 Å². The maximum Gasteiger partial charge on any atom is 0.147 e. The molecular weight excluding hydrogens is 379 g/mol. The molecule has 5 nitrogen and oxygen atoms in total. The second-order valence-corrected chi connectivity index (χ2v) is 9.22. The van der Waals surface area contributed by atoms with E-state index in [1.165, 1.54) is 25.3 Å². The Morgan fingerprint density at radius 1 is 1.20 bits per heavy atom. The predicted molar refractivity (Wildman–Crippen MR) is 114 cm³/mol. The highest BCUT2D eigenvalue weighted by molar-refractivity contribution is 5.72. The van der Waals surface area contributed by atoms with Gasteiger partial charge in [0.2, 0.25) is 0 Å². The van der Waals surface area contributed by atoms with Crippen molar-refractivity contribution in [3.05, 3.63) is 59.1 Å². The molecule has 0 unspecified atom stereocenters. The van der Waals surface area contributed by atoms with Crippen molar-refractivity contribution in [3.8, 4) is 11.1 Å². The highest BCUT2D eigenvalue weighted by atomic mass is 19.1. The highest BCUT2D eigenvalue weighted by Crippen LogP contribution is 2.49. The lowest BCUT2D eigenvalue weighted by Crippen LogP contribution is -2.60. The van der Waals surface area contributed by atoms with Gasteiger partial charge in [0.15, 0.2) is 0 Å². The second kappa shape index (κ2) is 7.18. The van der Waals surface area contributed by atoms with Gasteiger partial charge in [0.25, 0.3) is 0 Å². The van der Waals surface area contributed by atoms with Gasteiger partial charge in [-0.25, -0.2) is 14.4 Å². The third kappa shape index (κ3) is 3.18. The van der Waals surface area contributed by atoms with Gasteiger partial charge in [0.1, 0.15) is 23.7 Å². The van der Waals surface area contributed by atoms with Crippen LogP contribution < -0.4 is 4.90 Å². The minimum Gasteiger partial charge on any atom is -0.360 e. The fourth-order valence-electron chi connectivity index (χ4n) is 4.92. The molecule has 0 N–H and O–H groups in total. The lowest BCUT2D eigenvalue weighted by molar-refractivity contribution is 0.0894. The molecule has 2 fully saturated rings. The summed E-state index contributed by atoms with van der Waals surface area (Å²) in [7, 11) is 0. The van der Waals surface area contributed by atoms with Crippen LogP contribution in [-0.2, 0) is 6.42 Å². The van der Waals surface area contributed by atoms with E-state index in [-0.39, 0.29) is 11.7 Å². The Bertz CT molecular complexity index is 1080. The van der Waals surface area contributed by atoms with Crippen molar-refractivity contribution < 1.29 is 8.91 Å². The van der Waals surface area contributed by atoms with Crippen molar-refractivity contribution in [2.75, 3.05) is 18.0 Å². The topological polar surface area (TPSA) is 55.1 Å². The molecule has 0 radical (unpaired) electrons. The van der Waals surface area contributed by atoms with E-state index in [9.17, 15) is 4.39 Å². The van der Waals surface area contributed by atoms with Crippen molar-refractivity contribution in [1.82, 2.24) is 15.1 Å². The zero-order chi connectivity index (χ0) is 20.9. The summed E-state index contributed by atoms with van der Waals surface area (Å²) in [5, 5.41) is 4.16. The molecule has 5 rings (SSSR count). The molecule has 156 valence electrons. The molecule has 3 heterocycles. The molecule has 1 aliphatic carbocycles. The number of hydrogen-bond donors (Lipinski definition) is 0. The molecule has 1 aliphatic heterocycles. The fraction of sp³-hybridized carbons (Fsp3) is 0.458. The predicted octanol–water partition coefficient (Wildman–Crippen LogP) is 5.28. The summed E-state index contributed by atoms with van der Waals surface area (Å²) in [6.07, 6.45) is 8.16. The van der Waals surface area contributed by atoms with Crippen LogP contribution in [0.2, 0.25) is 0 Å². The third-order valence-electron chi connectivity index (χ3n) is 6.67. The van der Waals surface area contributed by atoms with E-state index >= 15 is 0 Å². The molecule has 1 saturated carbocycles. The number of aryl methyl sites for hydroxylation is 1. The number of nitrogens with zero attached hydrogens (tertiary/aromatic N) is 4. The Labute approximate surface area is 176 Å². The van der Waals surface area contributed by atoms with Crippen LogP contribution in [0.1, 0.15) is 61.6 Å². The molecule has 0 amide bonds. The van der Waals surface area contributed by atoms with Gasteiger partial charge in [-0.2, -0.15) is 0 Å². The first-order valence-electron chi connectivity index (χ1n) is 10.7. The first-order chi connectivity index (χ1) is 14.5. The molecule has 0 atom stereocenters. The molecule has 0 bridgehead atoms. The van der Waals surface area contributed by atoms with E-state index in [1.54, 1.807) is 12.4 Å². The molecule has 1 aromatic carbocycles. The van der Waals surface area contributed by atoms with Crippen LogP contribution in [0.3, 0.4) is 0 Å².